The van der Waals surface area contributed by atoms with Gasteiger partial charge in [0.25, 0.3) is 0 Å². The maximum Gasteiger partial charge on any atom is 0.307 e. The van der Waals surface area contributed by atoms with Gasteiger partial charge in [-0.15, -0.1) is 0 Å². The number of hydrogen-bond donors (Lipinski definition) is 0. The summed E-state index contributed by atoms with van der Waals surface area (Å²) >= 11 is 0. The van der Waals surface area contributed by atoms with E-state index in [1.165, 1.54) is 13.4 Å². The van der Waals surface area contributed by atoms with E-state index in [-0.39, 0.29) is 5.97 Å². The van der Waals surface area contributed by atoms with Crippen LogP contribution in [0.3, 0.4) is 0 Å². The van der Waals surface area contributed by atoms with Gasteiger partial charge in [-0.25, -0.2) is 9.97 Å². The second-order valence-electron chi connectivity index (χ2n) is 3.81. The molecule has 100 valence electrons. The van der Waals surface area contributed by atoms with Gasteiger partial charge in [-0.05, 0) is 6.42 Å². The second kappa shape index (κ2) is 7.47. The van der Waals surface area contributed by atoms with Gasteiger partial charge in [-0.2, -0.15) is 0 Å². The molecule has 0 amide bonds. The molecule has 1 aromatic rings. The molecule has 1 rings (SSSR count). The predicted octanol–water partition coefficient (Wildman–Crippen LogP) is 1.26. The number of esters is 1. The van der Waals surface area contributed by atoms with Crippen LogP contribution in [0.2, 0.25) is 0 Å². The lowest BCUT2D eigenvalue weighted by atomic mass is 10.4. The minimum absolute atomic E-state index is 0.238. The van der Waals surface area contributed by atoms with Gasteiger partial charge in [0.05, 0.1) is 20.1 Å². The molecule has 0 N–H and O–H groups in total. The third-order valence-electron chi connectivity index (χ3n) is 2.35. The number of carbonyl (C=O) groups is 1. The second-order valence-corrected chi connectivity index (χ2v) is 3.81. The van der Waals surface area contributed by atoms with Crippen LogP contribution in [0.4, 0.5) is 5.82 Å². The van der Waals surface area contributed by atoms with Gasteiger partial charge >= 0.3 is 5.97 Å². The van der Waals surface area contributed by atoms with E-state index in [0.29, 0.717) is 25.5 Å². The summed E-state index contributed by atoms with van der Waals surface area (Å²) in [5.74, 6) is 1.03. The Balaban J connectivity index is 2.56. The van der Waals surface area contributed by atoms with E-state index in [1.54, 1.807) is 6.07 Å². The molecular formula is C12H19N3O3. The monoisotopic (exact) mass is 253 g/mol. The summed E-state index contributed by atoms with van der Waals surface area (Å²) in [7, 11) is 3.23. The van der Waals surface area contributed by atoms with E-state index in [2.05, 4.69) is 14.7 Å². The van der Waals surface area contributed by atoms with Crippen molar-refractivity contribution < 1.29 is 14.3 Å². The number of methoxy groups -OCH3 is 1. The third-order valence-corrected chi connectivity index (χ3v) is 2.35. The van der Waals surface area contributed by atoms with Crippen molar-refractivity contribution in [2.75, 3.05) is 32.2 Å². The first-order chi connectivity index (χ1) is 8.67. The first-order valence-electron chi connectivity index (χ1n) is 5.90. The molecule has 6 heteroatoms. The lowest BCUT2D eigenvalue weighted by Crippen LogP contribution is -2.22. The molecule has 0 unspecified atom stereocenters. The van der Waals surface area contributed by atoms with Crippen molar-refractivity contribution in [2.45, 2.75) is 19.8 Å². The zero-order chi connectivity index (χ0) is 13.4. The van der Waals surface area contributed by atoms with Crippen molar-refractivity contribution in [3.8, 4) is 5.88 Å². The Bertz CT molecular complexity index is 385. The van der Waals surface area contributed by atoms with E-state index in [9.17, 15) is 4.79 Å². The summed E-state index contributed by atoms with van der Waals surface area (Å²) in [5.41, 5.74) is 0. The van der Waals surface area contributed by atoms with Gasteiger partial charge < -0.3 is 14.4 Å². The van der Waals surface area contributed by atoms with E-state index >= 15 is 0 Å². The first kappa shape index (κ1) is 14.2. The summed E-state index contributed by atoms with van der Waals surface area (Å²) in [5, 5.41) is 0. The Kier molecular flexibility index (Phi) is 5.90. The topological polar surface area (TPSA) is 64.5 Å². The standard InChI is InChI=1S/C12H19N3O3/c1-4-7-18-11-8-10(13-9-14-11)15(2)6-5-12(16)17-3/h8-9H,4-7H2,1-3H3. The molecule has 18 heavy (non-hydrogen) atoms. The highest BCUT2D eigenvalue weighted by Gasteiger charge is 2.07. The molecule has 0 atom stereocenters. The molecule has 0 aliphatic rings. The quantitative estimate of drug-likeness (QED) is 0.682. The van der Waals surface area contributed by atoms with Gasteiger partial charge in [0.1, 0.15) is 12.1 Å². The molecule has 0 aliphatic heterocycles. The number of carbonyl (C=O) groups excluding carboxylic acids is 1. The van der Waals surface area contributed by atoms with Crippen LogP contribution < -0.4 is 9.64 Å². The van der Waals surface area contributed by atoms with Crippen LogP contribution >= 0.6 is 0 Å². The van der Waals surface area contributed by atoms with Gasteiger partial charge in [-0.1, -0.05) is 6.92 Å². The predicted molar refractivity (Wildman–Crippen MR) is 67.7 cm³/mol. The molecule has 1 heterocycles. The van der Waals surface area contributed by atoms with E-state index in [4.69, 9.17) is 4.74 Å². The summed E-state index contributed by atoms with van der Waals surface area (Å²) in [6.45, 7) is 3.20. The number of anilines is 1. The average molecular weight is 253 g/mol. The highest BCUT2D eigenvalue weighted by atomic mass is 16.5. The number of rotatable bonds is 7. The lowest BCUT2D eigenvalue weighted by molar-refractivity contribution is -0.140. The number of ether oxygens (including phenoxy) is 2. The fourth-order valence-electron chi connectivity index (χ4n) is 1.30. The Morgan fingerprint density at radius 1 is 1.44 bits per heavy atom. The van der Waals surface area contributed by atoms with Crippen LogP contribution in [0.25, 0.3) is 0 Å². The Morgan fingerprint density at radius 2 is 2.22 bits per heavy atom. The summed E-state index contributed by atoms with van der Waals surface area (Å²) in [4.78, 5) is 21.1. The van der Waals surface area contributed by atoms with Crippen LogP contribution in [0.1, 0.15) is 19.8 Å². The van der Waals surface area contributed by atoms with Gasteiger partial charge in [0.15, 0.2) is 0 Å². The third kappa shape index (κ3) is 4.57. The Labute approximate surface area is 107 Å². The van der Waals surface area contributed by atoms with E-state index < -0.39 is 0 Å². The highest BCUT2D eigenvalue weighted by Crippen LogP contribution is 2.14. The zero-order valence-corrected chi connectivity index (χ0v) is 11.0. The minimum Gasteiger partial charge on any atom is -0.478 e. The normalized spacial score (nSPS) is 9.94. The molecule has 0 radical (unpaired) electrons. The van der Waals surface area contributed by atoms with Crippen LogP contribution in [0, 0.1) is 0 Å². The molecule has 0 bridgehead atoms. The molecule has 0 aromatic carbocycles. The minimum atomic E-state index is -0.238. The number of aromatic nitrogens is 2. The van der Waals surface area contributed by atoms with Crippen molar-refractivity contribution in [1.82, 2.24) is 9.97 Å². The number of nitrogens with zero attached hydrogens (tertiary/aromatic N) is 3. The van der Waals surface area contributed by atoms with Crippen molar-refractivity contribution in [1.29, 1.82) is 0 Å². The SMILES string of the molecule is CCCOc1cc(N(C)CCC(=O)OC)ncn1. The van der Waals surface area contributed by atoms with E-state index in [1.807, 2.05) is 18.9 Å². The summed E-state index contributed by atoms with van der Waals surface area (Å²) in [6, 6.07) is 1.76. The highest BCUT2D eigenvalue weighted by molar-refractivity contribution is 5.69. The largest absolute Gasteiger partial charge is 0.478 e. The fraction of sp³-hybridized carbons (Fsp3) is 0.583. The number of hydrogen-bond acceptors (Lipinski definition) is 6. The van der Waals surface area contributed by atoms with Crippen LogP contribution in [0.15, 0.2) is 12.4 Å². The lowest BCUT2D eigenvalue weighted by Gasteiger charge is -2.17. The van der Waals surface area contributed by atoms with Gasteiger partial charge in [-0.3, -0.25) is 4.79 Å². The van der Waals surface area contributed by atoms with Crippen LogP contribution in [0.5, 0.6) is 5.88 Å². The van der Waals surface area contributed by atoms with Gasteiger partial charge in [0.2, 0.25) is 5.88 Å². The van der Waals surface area contributed by atoms with Crippen molar-refractivity contribution in [3.63, 3.8) is 0 Å². The molecule has 0 saturated heterocycles. The Morgan fingerprint density at radius 3 is 2.89 bits per heavy atom. The zero-order valence-electron chi connectivity index (χ0n) is 11.0. The molecule has 1 aromatic heterocycles. The van der Waals surface area contributed by atoms with Crippen molar-refractivity contribution in [3.05, 3.63) is 12.4 Å². The summed E-state index contributed by atoms with van der Waals surface area (Å²) in [6.07, 6.45) is 2.70. The van der Waals surface area contributed by atoms with Crippen molar-refractivity contribution >= 4 is 11.8 Å². The van der Waals surface area contributed by atoms with Gasteiger partial charge in [0, 0.05) is 19.7 Å². The first-order valence-corrected chi connectivity index (χ1v) is 5.90. The van der Waals surface area contributed by atoms with E-state index in [0.717, 1.165) is 12.2 Å². The van der Waals surface area contributed by atoms with Crippen LogP contribution in [-0.2, 0) is 9.53 Å². The molecule has 0 saturated carbocycles. The molecule has 0 spiro atoms. The maximum atomic E-state index is 11.0. The molecule has 0 fully saturated rings. The Hall–Kier alpha value is -1.85. The van der Waals surface area contributed by atoms with Crippen LogP contribution in [-0.4, -0.2) is 43.2 Å². The fourth-order valence-corrected chi connectivity index (χ4v) is 1.30. The maximum absolute atomic E-state index is 11.0. The average Bonchev–Trinajstić information content (AvgIpc) is 2.42. The molecule has 0 aliphatic carbocycles. The molecular weight excluding hydrogens is 234 g/mol. The molecule has 6 nitrogen and oxygen atoms in total. The summed E-state index contributed by atoms with van der Waals surface area (Å²) < 4.78 is 10.0. The van der Waals surface area contributed by atoms with Crippen molar-refractivity contribution in [2.24, 2.45) is 0 Å². The smallest absolute Gasteiger partial charge is 0.307 e.